The highest BCUT2D eigenvalue weighted by molar-refractivity contribution is 6.31. The molecule has 3 aliphatic rings. The van der Waals surface area contributed by atoms with Gasteiger partial charge >= 0.3 is 0 Å². The van der Waals surface area contributed by atoms with Crippen molar-refractivity contribution < 1.29 is 9.23 Å². The number of halogens is 2. The molecule has 2 aliphatic heterocycles. The van der Waals surface area contributed by atoms with E-state index in [1.807, 2.05) is 12.1 Å². The van der Waals surface area contributed by atoms with E-state index in [0.29, 0.717) is 17.1 Å². The van der Waals surface area contributed by atoms with Crippen molar-refractivity contribution in [2.45, 2.75) is 57.2 Å². The molecule has 1 aromatic rings. The van der Waals surface area contributed by atoms with Crippen LogP contribution in [0.5, 0.6) is 0 Å². The molecule has 174 valence electrons. The largest absolute Gasteiger partial charge is 0.370 e. The van der Waals surface area contributed by atoms with Crippen LogP contribution in [0.15, 0.2) is 48.3 Å². The minimum Gasteiger partial charge on any atom is -0.370 e. The Kier molecular flexibility index (Phi) is 7.89. The summed E-state index contributed by atoms with van der Waals surface area (Å²) in [6.45, 7) is 6.18. The molecule has 0 spiro atoms. The van der Waals surface area contributed by atoms with Gasteiger partial charge in [-0.25, -0.2) is 4.39 Å². The van der Waals surface area contributed by atoms with Gasteiger partial charge < -0.3 is 15.5 Å². The highest BCUT2D eigenvalue weighted by atomic mass is 35.5. The van der Waals surface area contributed by atoms with E-state index in [1.165, 1.54) is 0 Å². The number of rotatable bonds is 9. The van der Waals surface area contributed by atoms with Crippen LogP contribution in [0.25, 0.3) is 0 Å². The molecule has 0 unspecified atom stereocenters. The first-order valence-corrected chi connectivity index (χ1v) is 12.1. The van der Waals surface area contributed by atoms with Gasteiger partial charge in [-0.1, -0.05) is 49.2 Å². The number of piperidine rings is 1. The van der Waals surface area contributed by atoms with Crippen LogP contribution in [0.1, 0.15) is 50.2 Å². The molecular formula is C25H34ClFN4O. The van der Waals surface area contributed by atoms with E-state index < -0.39 is 5.54 Å². The van der Waals surface area contributed by atoms with Crippen LogP contribution in [0.3, 0.4) is 0 Å². The maximum absolute atomic E-state index is 15.3. The first kappa shape index (κ1) is 23.3. The predicted octanol–water partition coefficient (Wildman–Crippen LogP) is 4.51. The first-order chi connectivity index (χ1) is 15.6. The van der Waals surface area contributed by atoms with Gasteiger partial charge in [0.25, 0.3) is 0 Å². The van der Waals surface area contributed by atoms with Gasteiger partial charge in [0.1, 0.15) is 11.6 Å². The van der Waals surface area contributed by atoms with Crippen molar-refractivity contribution in [3.05, 3.63) is 70.3 Å². The molecule has 1 aromatic carbocycles. The summed E-state index contributed by atoms with van der Waals surface area (Å²) in [4.78, 5) is 8.13. The summed E-state index contributed by atoms with van der Waals surface area (Å²) in [6.07, 6.45) is 15.4. The molecule has 5 nitrogen and oxygen atoms in total. The molecular weight excluding hydrogens is 427 g/mol. The molecule has 2 fully saturated rings. The number of nitrogens with zero attached hydrogens (tertiary/aromatic N) is 1. The van der Waals surface area contributed by atoms with Crippen LogP contribution < -0.4 is 16.1 Å². The van der Waals surface area contributed by atoms with Gasteiger partial charge in [-0.2, -0.15) is 5.48 Å². The van der Waals surface area contributed by atoms with Crippen molar-refractivity contribution in [2.24, 2.45) is 0 Å². The second kappa shape index (κ2) is 10.8. The van der Waals surface area contributed by atoms with Crippen molar-refractivity contribution in [3.8, 4) is 0 Å². The quantitative estimate of drug-likeness (QED) is 0.374. The van der Waals surface area contributed by atoms with Crippen molar-refractivity contribution in [2.75, 3.05) is 26.2 Å². The molecule has 1 aliphatic carbocycles. The highest BCUT2D eigenvalue weighted by Gasteiger charge is 2.36. The lowest BCUT2D eigenvalue weighted by Crippen LogP contribution is -2.47. The van der Waals surface area contributed by atoms with Gasteiger partial charge in [-0.3, -0.25) is 4.84 Å². The number of hydrogen-bond acceptors (Lipinski definition) is 5. The Hall–Kier alpha value is -1.86. The first-order valence-electron chi connectivity index (χ1n) is 11.8. The molecule has 1 atom stereocenters. The topological polar surface area (TPSA) is 48.6 Å². The van der Waals surface area contributed by atoms with E-state index in [9.17, 15) is 0 Å². The summed E-state index contributed by atoms with van der Waals surface area (Å²) >= 11 is 6.62. The Labute approximate surface area is 195 Å². The Morgan fingerprint density at radius 1 is 1.31 bits per heavy atom. The SMILES string of the molecule is CCC/C=C\C=C1/NCCN1Cc1c(F)cc([C@@]2(NOC3CCNCC3)C=CC2)cc1Cl. The lowest BCUT2D eigenvalue weighted by molar-refractivity contribution is -0.0776. The number of benzene rings is 1. The molecule has 2 saturated heterocycles. The van der Waals surface area contributed by atoms with E-state index >= 15 is 4.39 Å². The predicted molar refractivity (Wildman–Crippen MR) is 128 cm³/mol. The second-order valence-corrected chi connectivity index (χ2v) is 9.19. The smallest absolute Gasteiger partial charge is 0.130 e. The lowest BCUT2D eigenvalue weighted by atomic mass is 9.79. The van der Waals surface area contributed by atoms with E-state index in [4.69, 9.17) is 16.4 Å². The summed E-state index contributed by atoms with van der Waals surface area (Å²) in [6, 6.07) is 3.49. The molecule has 32 heavy (non-hydrogen) atoms. The fourth-order valence-corrected chi connectivity index (χ4v) is 4.58. The van der Waals surface area contributed by atoms with Crippen molar-refractivity contribution >= 4 is 11.6 Å². The molecule has 4 rings (SSSR count). The van der Waals surface area contributed by atoms with E-state index in [0.717, 1.165) is 69.7 Å². The molecule has 3 N–H and O–H groups in total. The van der Waals surface area contributed by atoms with Crippen LogP contribution in [0.2, 0.25) is 5.02 Å². The normalized spacial score (nSPS) is 25.0. The summed E-state index contributed by atoms with van der Waals surface area (Å²) < 4.78 is 15.3. The average Bonchev–Trinajstić information content (AvgIpc) is 3.21. The monoisotopic (exact) mass is 460 g/mol. The van der Waals surface area contributed by atoms with Crippen molar-refractivity contribution in [1.29, 1.82) is 0 Å². The molecule has 2 heterocycles. The third kappa shape index (κ3) is 5.37. The minimum absolute atomic E-state index is 0.168. The third-order valence-electron chi connectivity index (χ3n) is 6.42. The number of hydrogen-bond donors (Lipinski definition) is 3. The van der Waals surface area contributed by atoms with Crippen LogP contribution in [-0.4, -0.2) is 37.2 Å². The van der Waals surface area contributed by atoms with Crippen LogP contribution in [0.4, 0.5) is 4.39 Å². The molecule has 0 aromatic heterocycles. The average molecular weight is 461 g/mol. The van der Waals surface area contributed by atoms with Gasteiger partial charge in [0.2, 0.25) is 0 Å². The fourth-order valence-electron chi connectivity index (χ4n) is 4.31. The maximum Gasteiger partial charge on any atom is 0.130 e. The summed E-state index contributed by atoms with van der Waals surface area (Å²) in [5.41, 5.74) is 4.05. The molecule has 0 bridgehead atoms. The highest BCUT2D eigenvalue weighted by Crippen LogP contribution is 2.38. The van der Waals surface area contributed by atoms with E-state index in [2.05, 4.69) is 52.2 Å². The Morgan fingerprint density at radius 2 is 2.12 bits per heavy atom. The van der Waals surface area contributed by atoms with Crippen molar-refractivity contribution in [3.63, 3.8) is 0 Å². The summed E-state index contributed by atoms with van der Waals surface area (Å²) in [7, 11) is 0. The minimum atomic E-state index is -0.516. The molecule has 0 amide bonds. The zero-order valence-electron chi connectivity index (χ0n) is 18.8. The van der Waals surface area contributed by atoms with E-state index in [-0.39, 0.29) is 11.9 Å². The fraction of sp³-hybridized carbons (Fsp3) is 0.520. The maximum atomic E-state index is 15.3. The second-order valence-electron chi connectivity index (χ2n) is 8.78. The number of unbranched alkanes of at least 4 members (excludes halogenated alkanes) is 1. The van der Waals surface area contributed by atoms with Gasteiger partial charge in [-0.05, 0) is 62.5 Å². The number of allylic oxidation sites excluding steroid dienone is 3. The van der Waals surface area contributed by atoms with Gasteiger partial charge in [0, 0.05) is 30.2 Å². The molecule has 0 saturated carbocycles. The lowest BCUT2D eigenvalue weighted by Gasteiger charge is -2.38. The van der Waals surface area contributed by atoms with Gasteiger partial charge in [0.15, 0.2) is 0 Å². The van der Waals surface area contributed by atoms with Crippen molar-refractivity contribution in [1.82, 2.24) is 21.0 Å². The number of nitrogens with one attached hydrogen (secondary N) is 3. The Bertz CT molecular complexity index is 858. The van der Waals surface area contributed by atoms with E-state index in [1.54, 1.807) is 6.07 Å². The van der Waals surface area contributed by atoms with Crippen LogP contribution in [0, 0.1) is 5.82 Å². The van der Waals surface area contributed by atoms with Gasteiger partial charge in [0.05, 0.1) is 11.6 Å². The molecule has 0 radical (unpaired) electrons. The Balaban J connectivity index is 1.46. The zero-order chi connectivity index (χ0) is 22.4. The van der Waals surface area contributed by atoms with Crippen LogP contribution in [-0.2, 0) is 16.9 Å². The summed E-state index contributed by atoms with van der Waals surface area (Å²) in [5.74, 6) is 0.732. The molecule has 7 heteroatoms. The number of hydroxylamine groups is 1. The standard InChI is InChI=1S/C25H34ClFN4O/c1-2-3-4-5-7-24-29-14-15-31(24)18-21-22(26)16-19(17-23(21)27)25(10-6-11-25)30-32-20-8-12-28-13-9-20/h4-7,10,16-17,20,28-30H,2-3,8-9,11-15,18H2,1H3/b5-4-,24-7+/t25-/m1/s1. The Morgan fingerprint density at radius 3 is 2.81 bits per heavy atom. The third-order valence-corrected chi connectivity index (χ3v) is 6.75. The van der Waals surface area contributed by atoms with Crippen LogP contribution >= 0.6 is 11.6 Å². The van der Waals surface area contributed by atoms with Gasteiger partial charge in [-0.15, -0.1) is 0 Å². The summed E-state index contributed by atoms with van der Waals surface area (Å²) in [5, 5.41) is 7.17. The zero-order valence-corrected chi connectivity index (χ0v) is 19.6.